The van der Waals surface area contributed by atoms with E-state index in [0.29, 0.717) is 31.3 Å². The molecule has 2 unspecified atom stereocenters. The topological polar surface area (TPSA) is 61.5 Å². The van der Waals surface area contributed by atoms with Crippen LogP contribution < -0.4 is 5.73 Å². The highest BCUT2D eigenvalue weighted by molar-refractivity contribution is 7.84. The van der Waals surface area contributed by atoms with Crippen LogP contribution in [0.15, 0.2) is 0 Å². The van der Waals surface area contributed by atoms with Crippen molar-refractivity contribution in [3.8, 4) is 0 Å². The van der Waals surface area contributed by atoms with Gasteiger partial charge in [0.15, 0.2) is 0 Å². The Kier molecular flexibility index (Phi) is 9.60. The average molecular weight is 223 g/mol. The molecule has 0 radical (unpaired) electrons. The van der Waals surface area contributed by atoms with Gasteiger partial charge in [0.2, 0.25) is 0 Å². The summed E-state index contributed by atoms with van der Waals surface area (Å²) in [6.07, 6.45) is 0.812. The average Bonchev–Trinajstić information content (AvgIpc) is 2.21. The van der Waals surface area contributed by atoms with Crippen molar-refractivity contribution in [1.29, 1.82) is 0 Å². The summed E-state index contributed by atoms with van der Waals surface area (Å²) in [4.78, 5) is 0. The fourth-order valence-corrected chi connectivity index (χ4v) is 2.13. The summed E-state index contributed by atoms with van der Waals surface area (Å²) in [7, 11) is 0.805. The van der Waals surface area contributed by atoms with Gasteiger partial charge < -0.3 is 15.2 Å². The minimum absolute atomic E-state index is 0.0477. The molecule has 5 heteroatoms. The second-order valence-corrected chi connectivity index (χ2v) is 4.64. The van der Waals surface area contributed by atoms with E-state index in [1.807, 2.05) is 6.92 Å². The number of ether oxygens (including phenoxy) is 2. The van der Waals surface area contributed by atoms with Crippen molar-refractivity contribution in [2.75, 3.05) is 38.4 Å². The molecule has 0 aromatic carbocycles. The lowest BCUT2D eigenvalue weighted by Crippen LogP contribution is -2.26. The molecule has 0 saturated heterocycles. The lowest BCUT2D eigenvalue weighted by Gasteiger charge is -2.13. The highest BCUT2D eigenvalue weighted by Gasteiger charge is 2.08. The molecule has 0 heterocycles. The molecule has 0 saturated carbocycles. The minimum Gasteiger partial charge on any atom is -0.384 e. The molecule has 4 nitrogen and oxygen atoms in total. The number of hydrogen-bond acceptors (Lipinski definition) is 4. The van der Waals surface area contributed by atoms with E-state index in [1.54, 1.807) is 7.11 Å². The van der Waals surface area contributed by atoms with Crippen LogP contribution in [0.4, 0.5) is 0 Å². The lowest BCUT2D eigenvalue weighted by molar-refractivity contribution is 0.0672. The van der Waals surface area contributed by atoms with Gasteiger partial charge in [0.05, 0.1) is 12.7 Å². The Morgan fingerprint density at radius 1 is 1.43 bits per heavy atom. The first-order chi connectivity index (χ1) is 6.74. The maximum absolute atomic E-state index is 11.4. The van der Waals surface area contributed by atoms with E-state index in [-0.39, 0.29) is 6.10 Å². The molecule has 0 aliphatic heterocycles. The van der Waals surface area contributed by atoms with Gasteiger partial charge in [0, 0.05) is 42.6 Å². The summed E-state index contributed by atoms with van der Waals surface area (Å²) in [6.45, 7) is 3.64. The highest BCUT2D eigenvalue weighted by atomic mass is 32.2. The third kappa shape index (κ3) is 7.44. The van der Waals surface area contributed by atoms with Crippen LogP contribution in [0.25, 0.3) is 0 Å². The summed E-state index contributed by atoms with van der Waals surface area (Å²) >= 11 is 0. The quantitative estimate of drug-likeness (QED) is 0.604. The van der Waals surface area contributed by atoms with E-state index in [1.165, 1.54) is 0 Å². The second-order valence-electron chi connectivity index (χ2n) is 2.94. The molecule has 86 valence electrons. The molecule has 0 amide bonds. The van der Waals surface area contributed by atoms with Gasteiger partial charge in [0.25, 0.3) is 0 Å². The van der Waals surface area contributed by atoms with Crippen molar-refractivity contribution in [1.82, 2.24) is 0 Å². The zero-order valence-electron chi connectivity index (χ0n) is 9.03. The first kappa shape index (κ1) is 14.0. The number of hydrogen-bond donors (Lipinski definition) is 1. The van der Waals surface area contributed by atoms with Gasteiger partial charge in [-0.1, -0.05) is 0 Å². The second kappa shape index (κ2) is 9.58. The molecular weight excluding hydrogens is 202 g/mol. The van der Waals surface area contributed by atoms with Crippen LogP contribution in [0.3, 0.4) is 0 Å². The van der Waals surface area contributed by atoms with Crippen molar-refractivity contribution in [2.45, 2.75) is 19.4 Å². The van der Waals surface area contributed by atoms with Gasteiger partial charge in [-0.25, -0.2) is 0 Å². The predicted octanol–water partition coefficient (Wildman–Crippen LogP) is 0.135. The summed E-state index contributed by atoms with van der Waals surface area (Å²) in [5.41, 5.74) is 5.50. The molecule has 0 fully saturated rings. The minimum atomic E-state index is -0.806. The van der Waals surface area contributed by atoms with Crippen molar-refractivity contribution in [3.05, 3.63) is 0 Å². The van der Waals surface area contributed by atoms with E-state index >= 15 is 0 Å². The van der Waals surface area contributed by atoms with Crippen LogP contribution in [0.1, 0.15) is 13.3 Å². The molecule has 0 aromatic heterocycles. The Morgan fingerprint density at radius 2 is 2.14 bits per heavy atom. The normalized spacial score (nSPS) is 15.4. The van der Waals surface area contributed by atoms with E-state index in [0.717, 1.165) is 6.42 Å². The molecule has 0 spiro atoms. The first-order valence-electron chi connectivity index (χ1n) is 4.90. The molecule has 0 aromatic rings. The van der Waals surface area contributed by atoms with Gasteiger partial charge in [0.1, 0.15) is 0 Å². The Bertz CT molecular complexity index is 155. The van der Waals surface area contributed by atoms with Crippen LogP contribution in [0, 0.1) is 0 Å². The zero-order chi connectivity index (χ0) is 10.8. The molecule has 0 bridgehead atoms. The van der Waals surface area contributed by atoms with Crippen molar-refractivity contribution in [2.24, 2.45) is 5.73 Å². The van der Waals surface area contributed by atoms with E-state index < -0.39 is 10.8 Å². The summed E-state index contributed by atoms with van der Waals surface area (Å²) in [6, 6.07) is 0. The number of methoxy groups -OCH3 is 1. The van der Waals surface area contributed by atoms with Crippen LogP contribution in [0.5, 0.6) is 0 Å². The molecule has 0 rings (SSSR count). The Labute approximate surface area is 88.6 Å². The van der Waals surface area contributed by atoms with E-state index in [2.05, 4.69) is 0 Å². The highest BCUT2D eigenvalue weighted by Crippen LogP contribution is 1.99. The largest absolute Gasteiger partial charge is 0.384 e. The monoisotopic (exact) mass is 223 g/mol. The first-order valence-corrected chi connectivity index (χ1v) is 6.39. The van der Waals surface area contributed by atoms with Gasteiger partial charge in [-0.05, 0) is 13.3 Å². The van der Waals surface area contributed by atoms with Gasteiger partial charge in [-0.2, -0.15) is 0 Å². The zero-order valence-corrected chi connectivity index (χ0v) is 9.85. The van der Waals surface area contributed by atoms with Gasteiger partial charge in [-0.3, -0.25) is 4.21 Å². The number of rotatable bonds is 9. The van der Waals surface area contributed by atoms with Crippen LogP contribution in [-0.4, -0.2) is 48.7 Å². The number of nitrogens with two attached hydrogens (primary N) is 1. The predicted molar refractivity (Wildman–Crippen MR) is 58.8 cm³/mol. The van der Waals surface area contributed by atoms with Crippen LogP contribution >= 0.6 is 0 Å². The Balaban J connectivity index is 3.52. The van der Waals surface area contributed by atoms with Crippen molar-refractivity contribution < 1.29 is 13.7 Å². The maximum atomic E-state index is 11.4. The maximum Gasteiger partial charge on any atom is 0.0705 e. The van der Waals surface area contributed by atoms with E-state index in [9.17, 15) is 4.21 Å². The van der Waals surface area contributed by atoms with Crippen LogP contribution in [-0.2, 0) is 20.3 Å². The summed E-state index contributed by atoms with van der Waals surface area (Å²) < 4.78 is 21.6. The SMILES string of the molecule is CCOC(CN)CCS(=O)CCOC. The fourth-order valence-electron chi connectivity index (χ4n) is 1.05. The molecule has 2 atom stereocenters. The Morgan fingerprint density at radius 3 is 2.64 bits per heavy atom. The van der Waals surface area contributed by atoms with Crippen LogP contribution in [0.2, 0.25) is 0 Å². The molecule has 2 N–H and O–H groups in total. The Hall–Kier alpha value is 0.0300. The van der Waals surface area contributed by atoms with Crippen molar-refractivity contribution >= 4 is 10.8 Å². The standard InChI is InChI=1S/C9H21NO3S/c1-3-13-9(8-10)4-6-14(11)7-5-12-2/h9H,3-8,10H2,1-2H3. The molecular formula is C9H21NO3S. The summed E-state index contributed by atoms with van der Waals surface area (Å²) in [5.74, 6) is 1.24. The molecule has 0 aliphatic rings. The molecule has 0 aliphatic carbocycles. The summed E-state index contributed by atoms with van der Waals surface area (Å²) in [5, 5.41) is 0. The van der Waals surface area contributed by atoms with Gasteiger partial charge in [-0.15, -0.1) is 0 Å². The smallest absolute Gasteiger partial charge is 0.0705 e. The third-order valence-electron chi connectivity index (χ3n) is 1.85. The third-order valence-corrected chi connectivity index (χ3v) is 3.16. The van der Waals surface area contributed by atoms with E-state index in [4.69, 9.17) is 15.2 Å². The van der Waals surface area contributed by atoms with Crippen molar-refractivity contribution in [3.63, 3.8) is 0 Å². The molecule has 14 heavy (non-hydrogen) atoms. The lowest BCUT2D eigenvalue weighted by atomic mass is 10.3. The van der Waals surface area contributed by atoms with Gasteiger partial charge >= 0.3 is 0 Å². The fraction of sp³-hybridized carbons (Fsp3) is 1.00.